The summed E-state index contributed by atoms with van der Waals surface area (Å²) in [5, 5.41) is 10.9. The van der Waals surface area contributed by atoms with Crippen molar-refractivity contribution in [2.24, 2.45) is 0 Å². The Hall–Kier alpha value is -1.54. The molecule has 132 valence electrons. The van der Waals surface area contributed by atoms with Crippen molar-refractivity contribution in [3.05, 3.63) is 80.4 Å². The molecule has 2 rings (SSSR count). The van der Waals surface area contributed by atoms with Crippen molar-refractivity contribution in [3.8, 4) is 0 Å². The molecular formula is C20H21IO4. The van der Waals surface area contributed by atoms with Crippen LogP contribution in [0.25, 0.3) is 0 Å². The van der Waals surface area contributed by atoms with Gasteiger partial charge in [0.2, 0.25) is 0 Å². The first kappa shape index (κ1) is 19.8. The quantitative estimate of drug-likeness (QED) is 0.214. The molecule has 0 aliphatic heterocycles. The zero-order chi connectivity index (χ0) is 18.2. The Labute approximate surface area is 161 Å². The van der Waals surface area contributed by atoms with E-state index in [1.165, 1.54) is 7.11 Å². The first-order valence-corrected chi connectivity index (χ1v) is 8.92. The maximum absolute atomic E-state index is 13.0. The molecule has 0 spiro atoms. The predicted octanol–water partition coefficient (Wildman–Crippen LogP) is 4.22. The Kier molecular flexibility index (Phi) is 7.77. The van der Waals surface area contributed by atoms with Crippen LogP contribution in [0.1, 0.15) is 27.6 Å². The number of halogens is 1. The van der Waals surface area contributed by atoms with Gasteiger partial charge in [0, 0.05) is 21.8 Å². The van der Waals surface area contributed by atoms with Crippen LogP contribution in [0.5, 0.6) is 0 Å². The van der Waals surface area contributed by atoms with E-state index in [0.29, 0.717) is 20.3 Å². The molecule has 1 atom stereocenters. The lowest BCUT2D eigenvalue weighted by atomic mass is 9.93. The number of methoxy groups -OCH3 is 1. The fourth-order valence-electron chi connectivity index (χ4n) is 2.35. The number of ketones is 1. The Morgan fingerprint density at radius 1 is 1.12 bits per heavy atom. The molecule has 5 heteroatoms. The van der Waals surface area contributed by atoms with Crippen molar-refractivity contribution in [1.29, 1.82) is 0 Å². The van der Waals surface area contributed by atoms with Gasteiger partial charge in [0.1, 0.15) is 12.9 Å². The summed E-state index contributed by atoms with van der Waals surface area (Å²) in [5.41, 5.74) is 2.62. The highest BCUT2D eigenvalue weighted by atomic mass is 127. The summed E-state index contributed by atoms with van der Waals surface area (Å²) in [4.78, 5) is 13.0. The molecule has 1 unspecified atom stereocenters. The van der Waals surface area contributed by atoms with Crippen molar-refractivity contribution in [3.63, 3.8) is 0 Å². The highest BCUT2D eigenvalue weighted by Gasteiger charge is 2.25. The van der Waals surface area contributed by atoms with E-state index in [9.17, 15) is 9.90 Å². The first-order chi connectivity index (χ1) is 12.0. The zero-order valence-electron chi connectivity index (χ0n) is 14.2. The molecule has 2 aromatic carbocycles. The fraction of sp³-hybridized carbons (Fsp3) is 0.250. The second kappa shape index (κ2) is 9.82. The average Bonchev–Trinajstić information content (AvgIpc) is 2.63. The number of hydrogen-bond acceptors (Lipinski definition) is 4. The van der Waals surface area contributed by atoms with Crippen molar-refractivity contribution in [2.45, 2.75) is 13.0 Å². The lowest BCUT2D eigenvalue weighted by Crippen LogP contribution is -2.15. The van der Waals surface area contributed by atoms with Crippen molar-refractivity contribution in [2.75, 3.05) is 20.5 Å². The molecular weight excluding hydrogens is 431 g/mol. The Balaban J connectivity index is 2.39. The van der Waals surface area contributed by atoms with E-state index in [1.807, 2.05) is 37.3 Å². The summed E-state index contributed by atoms with van der Waals surface area (Å²) in [6.45, 7) is 2.30. The summed E-state index contributed by atoms with van der Waals surface area (Å²) in [5.74, 6) is -0.209. The second-order valence-corrected chi connectivity index (χ2v) is 6.88. The maximum atomic E-state index is 13.0. The van der Waals surface area contributed by atoms with Crippen LogP contribution in [0.2, 0.25) is 0 Å². The molecule has 2 aromatic rings. The van der Waals surface area contributed by atoms with Crippen LogP contribution in [-0.4, -0.2) is 31.4 Å². The van der Waals surface area contributed by atoms with Crippen LogP contribution >= 0.6 is 22.6 Å². The Morgan fingerprint density at radius 2 is 1.76 bits per heavy atom. The number of aliphatic hydroxyl groups excluding tert-OH is 1. The normalized spacial score (nSPS) is 13.3. The van der Waals surface area contributed by atoms with E-state index in [1.54, 1.807) is 24.3 Å². The third-order valence-electron chi connectivity index (χ3n) is 3.67. The number of aryl methyl sites for hydroxylation is 1. The van der Waals surface area contributed by atoms with Crippen LogP contribution in [0.3, 0.4) is 0 Å². The standard InChI is InChI=1S/C20H21IO4/c1-14-8-10-16(11-9-14)20(23)18(17(21)12-25-13-24-2)19(22)15-6-4-3-5-7-15/h3-11,20,23H,12-13H2,1-2H3/b18-17-. The summed E-state index contributed by atoms with van der Waals surface area (Å²) in [6.07, 6.45) is -1.02. The molecule has 0 aromatic heterocycles. The molecule has 0 bridgehead atoms. The molecule has 4 nitrogen and oxygen atoms in total. The predicted molar refractivity (Wildman–Crippen MR) is 106 cm³/mol. The van der Waals surface area contributed by atoms with Crippen LogP contribution in [0.15, 0.2) is 63.8 Å². The number of hydrogen-bond donors (Lipinski definition) is 1. The van der Waals surface area contributed by atoms with E-state index in [4.69, 9.17) is 9.47 Å². The van der Waals surface area contributed by atoms with Gasteiger partial charge < -0.3 is 14.6 Å². The molecule has 25 heavy (non-hydrogen) atoms. The highest BCUT2D eigenvalue weighted by molar-refractivity contribution is 14.1. The minimum atomic E-state index is -1.02. The molecule has 0 aliphatic carbocycles. The van der Waals surface area contributed by atoms with Crippen molar-refractivity contribution in [1.82, 2.24) is 0 Å². The van der Waals surface area contributed by atoms with Crippen LogP contribution < -0.4 is 0 Å². The number of rotatable bonds is 8. The SMILES string of the molecule is COCOC/C(I)=C(\C(=O)c1ccccc1)C(O)c1ccc(C)cc1. The monoisotopic (exact) mass is 452 g/mol. The summed E-state index contributed by atoms with van der Waals surface area (Å²) < 4.78 is 10.9. The molecule has 0 radical (unpaired) electrons. The van der Waals surface area contributed by atoms with Gasteiger partial charge in [-0.05, 0) is 35.1 Å². The van der Waals surface area contributed by atoms with E-state index in [-0.39, 0.29) is 19.2 Å². The largest absolute Gasteiger partial charge is 0.383 e. The number of benzene rings is 2. The summed E-state index contributed by atoms with van der Waals surface area (Å²) >= 11 is 2.05. The molecule has 0 amide bonds. The van der Waals surface area contributed by atoms with Gasteiger partial charge in [-0.3, -0.25) is 4.79 Å². The first-order valence-electron chi connectivity index (χ1n) is 7.84. The van der Waals surface area contributed by atoms with Gasteiger partial charge in [-0.15, -0.1) is 0 Å². The van der Waals surface area contributed by atoms with E-state index >= 15 is 0 Å². The molecule has 0 heterocycles. The molecule has 0 aliphatic rings. The molecule has 1 N–H and O–H groups in total. The minimum absolute atomic E-state index is 0.125. The van der Waals surface area contributed by atoms with E-state index in [0.717, 1.165) is 5.56 Å². The third kappa shape index (κ3) is 5.47. The molecule has 0 saturated heterocycles. The van der Waals surface area contributed by atoms with E-state index in [2.05, 4.69) is 22.6 Å². The second-order valence-electron chi connectivity index (χ2n) is 5.58. The Morgan fingerprint density at radius 3 is 2.36 bits per heavy atom. The minimum Gasteiger partial charge on any atom is -0.383 e. The lowest BCUT2D eigenvalue weighted by molar-refractivity contribution is -0.0194. The number of ether oxygens (including phenoxy) is 2. The van der Waals surface area contributed by atoms with Gasteiger partial charge in [0.05, 0.1) is 6.61 Å². The Bertz CT molecular complexity index is 723. The fourth-order valence-corrected chi connectivity index (χ4v) is 3.11. The van der Waals surface area contributed by atoms with Crippen molar-refractivity contribution >= 4 is 28.4 Å². The van der Waals surface area contributed by atoms with Gasteiger partial charge in [-0.2, -0.15) is 0 Å². The van der Waals surface area contributed by atoms with Gasteiger partial charge in [0.15, 0.2) is 5.78 Å². The summed E-state index contributed by atoms with van der Waals surface area (Å²) in [6, 6.07) is 16.4. The number of aliphatic hydroxyl groups is 1. The van der Waals surface area contributed by atoms with Gasteiger partial charge in [-0.25, -0.2) is 0 Å². The smallest absolute Gasteiger partial charge is 0.192 e. The highest BCUT2D eigenvalue weighted by Crippen LogP contribution is 2.30. The number of carbonyl (C=O) groups is 1. The average molecular weight is 452 g/mol. The van der Waals surface area contributed by atoms with E-state index < -0.39 is 6.10 Å². The lowest BCUT2D eigenvalue weighted by Gasteiger charge is -2.18. The number of Topliss-reactive ketones (excluding diaryl/α,β-unsaturated/α-hetero) is 1. The van der Waals surface area contributed by atoms with Crippen LogP contribution in [0.4, 0.5) is 0 Å². The zero-order valence-corrected chi connectivity index (χ0v) is 16.4. The van der Waals surface area contributed by atoms with Gasteiger partial charge >= 0.3 is 0 Å². The molecule has 0 saturated carbocycles. The van der Waals surface area contributed by atoms with Gasteiger partial charge in [0.25, 0.3) is 0 Å². The maximum Gasteiger partial charge on any atom is 0.192 e. The molecule has 0 fully saturated rings. The van der Waals surface area contributed by atoms with Crippen LogP contribution in [0, 0.1) is 6.92 Å². The number of carbonyl (C=O) groups excluding carboxylic acids is 1. The third-order valence-corrected chi connectivity index (χ3v) is 4.56. The van der Waals surface area contributed by atoms with Crippen molar-refractivity contribution < 1.29 is 19.4 Å². The van der Waals surface area contributed by atoms with Gasteiger partial charge in [-0.1, -0.05) is 60.2 Å². The van der Waals surface area contributed by atoms with Crippen LogP contribution in [-0.2, 0) is 9.47 Å². The summed E-state index contributed by atoms with van der Waals surface area (Å²) in [7, 11) is 1.54. The topological polar surface area (TPSA) is 55.8 Å².